The van der Waals surface area contributed by atoms with Crippen LogP contribution in [0.25, 0.3) is 0 Å². The molecule has 4 aromatic rings. The Morgan fingerprint density at radius 3 is 0.973 bits per heavy atom. The molecule has 188 valence electrons. The van der Waals surface area contributed by atoms with Crippen LogP contribution < -0.4 is 0 Å². The summed E-state index contributed by atoms with van der Waals surface area (Å²) in [7, 11) is 3.09. The molecule has 4 aromatic carbocycles. The SMILES string of the molecule is CCC(=O)[S][Sn]([S]C(=O)CC)([CH](c1ccccc1)c1ccccc1)[CH](c1ccccc1)c1ccccc1. The second-order valence-electron chi connectivity index (χ2n) is 8.89. The van der Waals surface area contributed by atoms with Crippen molar-refractivity contribution in [3.63, 3.8) is 0 Å². The minimum atomic E-state index is -4.17. The predicted octanol–water partition coefficient (Wildman–Crippen LogP) is 8.51. The zero-order valence-electron chi connectivity index (χ0n) is 21.2. The van der Waals surface area contributed by atoms with Crippen LogP contribution in [0.1, 0.15) is 56.8 Å². The van der Waals surface area contributed by atoms with Crippen LogP contribution in [-0.2, 0) is 9.59 Å². The number of benzene rings is 4. The van der Waals surface area contributed by atoms with Gasteiger partial charge in [-0.1, -0.05) is 0 Å². The quantitative estimate of drug-likeness (QED) is 0.165. The maximum absolute atomic E-state index is 13.5. The van der Waals surface area contributed by atoms with Gasteiger partial charge in [0.25, 0.3) is 0 Å². The fraction of sp³-hybridized carbons (Fsp3) is 0.188. The van der Waals surface area contributed by atoms with Gasteiger partial charge in [0.15, 0.2) is 0 Å². The molecule has 0 amide bonds. The molecule has 0 fully saturated rings. The van der Waals surface area contributed by atoms with E-state index in [0.29, 0.717) is 12.8 Å². The minimum absolute atomic E-state index is 0.0249. The van der Waals surface area contributed by atoms with Gasteiger partial charge >= 0.3 is 231 Å². The number of hydrogen-bond acceptors (Lipinski definition) is 4. The average molecular weight is 631 g/mol. The Balaban J connectivity index is 2.11. The van der Waals surface area contributed by atoms with E-state index in [1.165, 1.54) is 22.3 Å². The van der Waals surface area contributed by atoms with E-state index >= 15 is 0 Å². The molecule has 0 unspecified atom stereocenters. The molecule has 0 spiro atoms. The number of hydrogen-bond donors (Lipinski definition) is 0. The Hall–Kier alpha value is -2.28. The van der Waals surface area contributed by atoms with Gasteiger partial charge in [0, 0.05) is 0 Å². The zero-order chi connectivity index (χ0) is 26.1. The van der Waals surface area contributed by atoms with Crippen LogP contribution in [0.2, 0.25) is 0 Å². The van der Waals surface area contributed by atoms with Gasteiger partial charge in [-0.05, 0) is 0 Å². The van der Waals surface area contributed by atoms with Gasteiger partial charge in [-0.3, -0.25) is 0 Å². The van der Waals surface area contributed by atoms with Crippen molar-refractivity contribution in [2.45, 2.75) is 34.6 Å². The molecule has 5 heteroatoms. The summed E-state index contributed by atoms with van der Waals surface area (Å²) in [6, 6.07) is 42.1. The first-order chi connectivity index (χ1) is 18.1. The molecule has 0 aliphatic carbocycles. The summed E-state index contributed by atoms with van der Waals surface area (Å²) in [6.45, 7) is 3.86. The second-order valence-corrected chi connectivity index (χ2v) is 31.9. The Morgan fingerprint density at radius 2 is 0.757 bits per heavy atom. The van der Waals surface area contributed by atoms with Crippen molar-refractivity contribution in [1.82, 2.24) is 0 Å². The van der Waals surface area contributed by atoms with Gasteiger partial charge in [-0.15, -0.1) is 0 Å². The molecule has 0 saturated heterocycles. The third kappa shape index (κ3) is 6.60. The molecule has 0 radical (unpaired) electrons. The fourth-order valence-corrected chi connectivity index (χ4v) is 39.6. The first-order valence-electron chi connectivity index (χ1n) is 12.7. The molecular formula is C32H32O2S2Sn. The van der Waals surface area contributed by atoms with Crippen LogP contribution in [-0.4, -0.2) is 25.8 Å². The van der Waals surface area contributed by atoms with Gasteiger partial charge in [-0.2, -0.15) is 0 Å². The fourth-order valence-electron chi connectivity index (χ4n) is 4.82. The van der Waals surface area contributed by atoms with Crippen LogP contribution in [0.15, 0.2) is 121 Å². The van der Waals surface area contributed by atoms with E-state index in [0.717, 1.165) is 0 Å². The Morgan fingerprint density at radius 1 is 0.514 bits per heavy atom. The molecule has 0 N–H and O–H groups in total. The van der Waals surface area contributed by atoms with Gasteiger partial charge in [-0.25, -0.2) is 0 Å². The second kappa shape index (κ2) is 13.5. The third-order valence-corrected chi connectivity index (χ3v) is 35.6. The van der Waals surface area contributed by atoms with Crippen molar-refractivity contribution >= 4 is 43.7 Å². The van der Waals surface area contributed by atoms with Gasteiger partial charge < -0.3 is 0 Å². The Kier molecular flexibility index (Phi) is 10.1. The number of carbonyl (C=O) groups excluding carboxylic acids is 2. The first-order valence-corrected chi connectivity index (χ1v) is 24.6. The molecule has 37 heavy (non-hydrogen) atoms. The van der Waals surface area contributed by atoms with E-state index in [1.54, 1.807) is 17.9 Å². The molecule has 0 saturated carbocycles. The predicted molar refractivity (Wildman–Crippen MR) is 161 cm³/mol. The molecule has 0 heterocycles. The van der Waals surface area contributed by atoms with Crippen LogP contribution in [0.3, 0.4) is 0 Å². The first kappa shape index (κ1) is 27.7. The summed E-state index contributed by atoms with van der Waals surface area (Å²) < 4.78 is -0.0498. The van der Waals surface area contributed by atoms with E-state index in [9.17, 15) is 9.59 Å². The summed E-state index contributed by atoms with van der Waals surface area (Å²) in [4.78, 5) is 27.0. The van der Waals surface area contributed by atoms with Gasteiger partial charge in [0.1, 0.15) is 0 Å². The van der Waals surface area contributed by atoms with E-state index in [-0.39, 0.29) is 18.1 Å². The van der Waals surface area contributed by atoms with Crippen molar-refractivity contribution in [1.29, 1.82) is 0 Å². The van der Waals surface area contributed by atoms with Crippen LogP contribution >= 0.6 is 17.9 Å². The normalized spacial score (nSPS) is 11.6. The molecule has 0 atom stereocenters. The molecule has 0 aromatic heterocycles. The van der Waals surface area contributed by atoms with Crippen LogP contribution in [0.5, 0.6) is 0 Å². The molecule has 0 aliphatic rings. The van der Waals surface area contributed by atoms with Gasteiger partial charge in [0.05, 0.1) is 0 Å². The molecule has 0 bridgehead atoms. The summed E-state index contributed by atoms with van der Waals surface area (Å²) >= 11 is -4.17. The standard InChI is InChI=1S/2C13H11.2C3H6OS.Sn/c2*1-3-7-12(8-4-1)11-13-9-5-2-6-10-13;2*1-2-3(4)5;/h2*1-11H;2*2H2,1H3,(H,4,5);/q;;;;+2/p-2. The average Bonchev–Trinajstić information content (AvgIpc) is 2.95. The molecule has 0 aliphatic heterocycles. The van der Waals surface area contributed by atoms with Crippen molar-refractivity contribution in [3.05, 3.63) is 144 Å². The molecular weight excluding hydrogens is 599 g/mol. The monoisotopic (exact) mass is 632 g/mol. The van der Waals surface area contributed by atoms with Crippen molar-refractivity contribution in [3.8, 4) is 0 Å². The van der Waals surface area contributed by atoms with Crippen LogP contribution in [0, 0.1) is 0 Å². The summed E-state index contributed by atoms with van der Waals surface area (Å²) in [5.41, 5.74) is 4.70. The topological polar surface area (TPSA) is 34.1 Å². The molecule has 4 rings (SSSR count). The number of rotatable bonds is 10. The summed E-state index contributed by atoms with van der Waals surface area (Å²) in [5.74, 6) is 0. The summed E-state index contributed by atoms with van der Waals surface area (Å²) in [5, 5.41) is 0.335. The summed E-state index contributed by atoms with van der Waals surface area (Å²) in [6.07, 6.45) is 0.883. The van der Waals surface area contributed by atoms with E-state index in [1.807, 2.05) is 38.1 Å². The number of carbonyl (C=O) groups is 2. The van der Waals surface area contributed by atoms with Crippen molar-refractivity contribution in [2.24, 2.45) is 0 Å². The molecule has 2 nitrogen and oxygen atoms in total. The van der Waals surface area contributed by atoms with Crippen molar-refractivity contribution in [2.75, 3.05) is 0 Å². The Labute approximate surface area is 230 Å². The maximum atomic E-state index is 13.5. The van der Waals surface area contributed by atoms with E-state index < -0.39 is 15.6 Å². The van der Waals surface area contributed by atoms with Crippen molar-refractivity contribution < 1.29 is 9.59 Å². The zero-order valence-corrected chi connectivity index (χ0v) is 25.7. The van der Waals surface area contributed by atoms with Crippen LogP contribution in [0.4, 0.5) is 0 Å². The van der Waals surface area contributed by atoms with E-state index in [2.05, 4.69) is 97.1 Å². The van der Waals surface area contributed by atoms with Gasteiger partial charge in [0.2, 0.25) is 0 Å². The third-order valence-electron chi connectivity index (χ3n) is 6.46. The van der Waals surface area contributed by atoms with E-state index in [4.69, 9.17) is 0 Å². The Bertz CT molecular complexity index is 1100.